The molecule has 4 rings (SSSR count). The van der Waals surface area contributed by atoms with Gasteiger partial charge in [0.1, 0.15) is 10.9 Å². The van der Waals surface area contributed by atoms with E-state index in [0.717, 1.165) is 19.6 Å². The molecule has 3 aromatic heterocycles. The highest BCUT2D eigenvalue weighted by molar-refractivity contribution is 6.00. The zero-order valence-electron chi connectivity index (χ0n) is 17.5. The van der Waals surface area contributed by atoms with Gasteiger partial charge >= 0.3 is 0 Å². The minimum absolute atomic E-state index is 0.250. The van der Waals surface area contributed by atoms with E-state index >= 15 is 0 Å². The molecule has 0 atom stereocenters. The first kappa shape index (κ1) is 21.2. The largest absolute Gasteiger partial charge is 0.381 e. The number of nitrogens with two attached hydrogens (primary N) is 1. The zero-order chi connectivity index (χ0) is 21.8. The van der Waals surface area contributed by atoms with Gasteiger partial charge in [0.2, 0.25) is 11.5 Å². The predicted octanol–water partition coefficient (Wildman–Crippen LogP) is -0.574. The lowest BCUT2D eigenvalue weighted by molar-refractivity contribution is -0.660. The number of ether oxygens (including phenoxy) is 2. The molecule has 164 valence electrons. The summed E-state index contributed by atoms with van der Waals surface area (Å²) in [6.07, 6.45) is 1.65. The first-order chi connectivity index (χ1) is 15.1. The number of pyridine rings is 2. The first-order valence-electron chi connectivity index (χ1n) is 10.3. The van der Waals surface area contributed by atoms with Crippen LogP contribution in [0, 0.1) is 0 Å². The van der Waals surface area contributed by atoms with Crippen LogP contribution in [0.25, 0.3) is 16.7 Å². The van der Waals surface area contributed by atoms with E-state index in [2.05, 4.69) is 15.2 Å². The Balaban J connectivity index is 1.69. The summed E-state index contributed by atoms with van der Waals surface area (Å²) in [7, 11) is 1.58. The molecular weight excluding hydrogens is 400 g/mol. The van der Waals surface area contributed by atoms with Gasteiger partial charge in [0.05, 0.1) is 26.4 Å². The number of fused-ring (bicyclic) bond motifs is 2. The Bertz CT molecular complexity index is 1160. The van der Waals surface area contributed by atoms with Gasteiger partial charge < -0.3 is 20.5 Å². The Morgan fingerprint density at radius 2 is 2.16 bits per heavy atom. The highest BCUT2D eigenvalue weighted by Crippen LogP contribution is 2.14. The van der Waals surface area contributed by atoms with Crippen molar-refractivity contribution in [2.45, 2.75) is 6.54 Å². The number of morpholine rings is 1. The maximum absolute atomic E-state index is 13.1. The molecule has 3 aromatic rings. The molecule has 0 aliphatic carbocycles. The van der Waals surface area contributed by atoms with Crippen molar-refractivity contribution in [2.24, 2.45) is 0 Å². The van der Waals surface area contributed by atoms with Crippen LogP contribution in [0.15, 0.2) is 35.3 Å². The van der Waals surface area contributed by atoms with Crippen molar-refractivity contribution in [1.29, 1.82) is 0 Å². The average molecular weight is 427 g/mol. The van der Waals surface area contributed by atoms with Crippen molar-refractivity contribution in [3.63, 3.8) is 0 Å². The van der Waals surface area contributed by atoms with Gasteiger partial charge in [0.25, 0.3) is 17.1 Å². The van der Waals surface area contributed by atoms with Crippen LogP contribution in [0.5, 0.6) is 0 Å². The predicted molar refractivity (Wildman–Crippen MR) is 115 cm³/mol. The van der Waals surface area contributed by atoms with Crippen LogP contribution >= 0.6 is 0 Å². The van der Waals surface area contributed by atoms with Crippen molar-refractivity contribution >= 4 is 28.4 Å². The third kappa shape index (κ3) is 4.36. The minimum atomic E-state index is -0.323. The standard InChI is InChI=1S/C21H26N6O4/c1-30-11-10-27-18(22)15(20(28)23-5-7-25-8-12-31-13-9-25)14-16-19(27)24-17-4-2-3-6-26(17)21(16)29/h2-4,6,14,22H,5,7-13H2,1H3,(H,23,28)/p+1. The fourth-order valence-electron chi connectivity index (χ4n) is 3.74. The van der Waals surface area contributed by atoms with E-state index < -0.39 is 0 Å². The van der Waals surface area contributed by atoms with E-state index in [9.17, 15) is 9.59 Å². The summed E-state index contributed by atoms with van der Waals surface area (Å²) in [5.41, 5.74) is 7.30. The molecule has 31 heavy (non-hydrogen) atoms. The SMILES string of the molecule is COCC[n+]1c(N)c(C(=O)NCCN2CCOCC2)cc2c(=O)n3ccccc3nc21. The molecule has 1 saturated heterocycles. The van der Waals surface area contributed by atoms with Gasteiger partial charge in [-0.2, -0.15) is 0 Å². The third-order valence-electron chi connectivity index (χ3n) is 5.44. The number of carbonyl (C=O) groups is 1. The minimum Gasteiger partial charge on any atom is -0.381 e. The lowest BCUT2D eigenvalue weighted by atomic mass is 10.1. The fourth-order valence-corrected chi connectivity index (χ4v) is 3.74. The van der Waals surface area contributed by atoms with Crippen LogP contribution in [0.1, 0.15) is 10.4 Å². The normalized spacial score (nSPS) is 14.9. The van der Waals surface area contributed by atoms with E-state index in [4.69, 9.17) is 15.2 Å². The molecule has 0 bridgehead atoms. The summed E-state index contributed by atoms with van der Waals surface area (Å²) in [4.78, 5) is 32.9. The maximum Gasteiger partial charge on any atom is 0.278 e. The molecule has 10 nitrogen and oxygen atoms in total. The van der Waals surface area contributed by atoms with Crippen molar-refractivity contribution < 1.29 is 18.8 Å². The number of carbonyl (C=O) groups excluding carboxylic acids is 1. The van der Waals surface area contributed by atoms with Crippen molar-refractivity contribution in [3.8, 4) is 0 Å². The van der Waals surface area contributed by atoms with E-state index in [0.29, 0.717) is 49.6 Å². The number of anilines is 1. The molecule has 4 heterocycles. The molecule has 1 amide bonds. The van der Waals surface area contributed by atoms with E-state index in [1.165, 1.54) is 10.5 Å². The number of hydrogen-bond acceptors (Lipinski definition) is 7. The van der Waals surface area contributed by atoms with Crippen LogP contribution < -0.4 is 21.2 Å². The lowest BCUT2D eigenvalue weighted by Crippen LogP contribution is -2.45. The molecule has 3 N–H and O–H groups in total. The van der Waals surface area contributed by atoms with Crippen LogP contribution in [0.2, 0.25) is 0 Å². The summed E-state index contributed by atoms with van der Waals surface area (Å²) in [5.74, 6) is -0.0722. The molecule has 1 aliphatic rings. The number of methoxy groups -OCH3 is 1. The van der Waals surface area contributed by atoms with Gasteiger partial charge in [0.15, 0.2) is 0 Å². The van der Waals surface area contributed by atoms with E-state index in [1.807, 2.05) is 6.07 Å². The number of aromatic nitrogens is 3. The zero-order valence-corrected chi connectivity index (χ0v) is 17.5. The molecule has 10 heteroatoms. The second-order valence-corrected chi connectivity index (χ2v) is 7.38. The Morgan fingerprint density at radius 1 is 1.35 bits per heavy atom. The number of nitrogens with zero attached hydrogens (tertiary/aromatic N) is 4. The van der Waals surface area contributed by atoms with Gasteiger partial charge in [-0.1, -0.05) is 11.1 Å². The summed E-state index contributed by atoms with van der Waals surface area (Å²) < 4.78 is 13.7. The van der Waals surface area contributed by atoms with E-state index in [-0.39, 0.29) is 22.8 Å². The first-order valence-corrected chi connectivity index (χ1v) is 10.3. The Hall–Kier alpha value is -3.08. The van der Waals surface area contributed by atoms with Gasteiger partial charge in [-0.05, 0) is 18.2 Å². The van der Waals surface area contributed by atoms with Crippen molar-refractivity contribution in [3.05, 3.63) is 46.4 Å². The van der Waals surface area contributed by atoms with Crippen molar-refractivity contribution in [1.82, 2.24) is 19.6 Å². The number of rotatable bonds is 7. The Labute approximate surface area is 179 Å². The molecular formula is C21H27N6O4+. The molecule has 0 unspecified atom stereocenters. The quantitative estimate of drug-likeness (QED) is 0.383. The monoisotopic (exact) mass is 427 g/mol. The van der Waals surface area contributed by atoms with Gasteiger partial charge in [-0.15, -0.1) is 0 Å². The molecule has 1 fully saturated rings. The highest BCUT2D eigenvalue weighted by atomic mass is 16.5. The van der Waals surface area contributed by atoms with Gasteiger partial charge in [-0.3, -0.25) is 18.9 Å². The summed E-state index contributed by atoms with van der Waals surface area (Å²) >= 11 is 0. The van der Waals surface area contributed by atoms with Crippen molar-refractivity contribution in [2.75, 3.05) is 58.8 Å². The summed E-state index contributed by atoms with van der Waals surface area (Å²) in [6, 6.07) is 6.86. The van der Waals surface area contributed by atoms with Crippen LogP contribution in [-0.2, 0) is 16.0 Å². The van der Waals surface area contributed by atoms with Gasteiger partial charge in [-0.25, -0.2) is 4.57 Å². The highest BCUT2D eigenvalue weighted by Gasteiger charge is 2.24. The third-order valence-corrected chi connectivity index (χ3v) is 5.44. The smallest absolute Gasteiger partial charge is 0.278 e. The lowest BCUT2D eigenvalue weighted by Gasteiger charge is -2.26. The fraction of sp³-hybridized carbons (Fsp3) is 0.429. The van der Waals surface area contributed by atoms with Gasteiger partial charge in [0, 0.05) is 39.5 Å². The topological polar surface area (TPSA) is 115 Å². The van der Waals surface area contributed by atoms with Crippen LogP contribution in [0.3, 0.4) is 0 Å². The Kier molecular flexibility index (Phi) is 6.40. The second-order valence-electron chi connectivity index (χ2n) is 7.38. The molecule has 0 spiro atoms. The number of nitrogens with one attached hydrogen (secondary N) is 1. The summed E-state index contributed by atoms with van der Waals surface area (Å²) in [6.45, 7) is 5.03. The second kappa shape index (κ2) is 9.38. The molecule has 1 aliphatic heterocycles. The average Bonchev–Trinajstić information content (AvgIpc) is 2.79. The Morgan fingerprint density at radius 3 is 2.94 bits per heavy atom. The van der Waals surface area contributed by atoms with Crippen LogP contribution in [-0.4, -0.2) is 73.3 Å². The van der Waals surface area contributed by atoms with Crippen LogP contribution in [0.4, 0.5) is 5.82 Å². The molecule has 0 aromatic carbocycles. The summed E-state index contributed by atoms with van der Waals surface area (Å²) in [5, 5.41) is 3.24. The maximum atomic E-state index is 13.1. The van der Waals surface area contributed by atoms with E-state index in [1.54, 1.807) is 30.0 Å². The molecule has 0 saturated carbocycles. The number of hydrogen-bond donors (Lipinski definition) is 2. The molecule has 0 radical (unpaired) electrons. The number of nitrogen functional groups attached to an aromatic ring is 1. The number of amides is 1.